The van der Waals surface area contributed by atoms with Crippen molar-refractivity contribution >= 4 is 11.8 Å². The predicted molar refractivity (Wildman–Crippen MR) is 86.3 cm³/mol. The lowest BCUT2D eigenvalue weighted by Crippen LogP contribution is -2.39. The number of hydrogen-bond acceptors (Lipinski definition) is 6. The zero-order valence-electron chi connectivity index (χ0n) is 14.1. The first-order valence-electron chi connectivity index (χ1n) is 8.17. The van der Waals surface area contributed by atoms with Crippen LogP contribution in [-0.2, 0) is 18.9 Å². The van der Waals surface area contributed by atoms with Gasteiger partial charge in [0.15, 0.2) is 0 Å². The van der Waals surface area contributed by atoms with Gasteiger partial charge in [-0.3, -0.25) is 4.98 Å². The summed E-state index contributed by atoms with van der Waals surface area (Å²) >= 11 is 0. The van der Waals surface area contributed by atoms with Crippen LogP contribution in [0.15, 0.2) is 24.7 Å². The molecular weight excluding hydrogens is 392 g/mol. The van der Waals surface area contributed by atoms with E-state index in [1.165, 1.54) is 0 Å². The van der Waals surface area contributed by atoms with E-state index in [0.717, 1.165) is 18.5 Å². The van der Waals surface area contributed by atoms with Gasteiger partial charge < -0.3 is 15.7 Å². The second kappa shape index (κ2) is 7.41. The second-order valence-electron chi connectivity index (χ2n) is 6.30. The number of anilines is 2. The maximum atomic E-state index is 13.1. The molecule has 0 bridgehead atoms. The van der Waals surface area contributed by atoms with Crippen LogP contribution >= 0.6 is 0 Å². The molecule has 6 nitrogen and oxygen atoms in total. The Bertz CT molecular complexity index is 835. The smallest absolute Gasteiger partial charge is 0.393 e. The van der Waals surface area contributed by atoms with Crippen LogP contribution in [-0.4, -0.2) is 32.2 Å². The molecule has 0 aromatic carbocycles. The van der Waals surface area contributed by atoms with E-state index in [0.29, 0.717) is 6.20 Å². The normalized spacial score (nSPS) is 19.8. The van der Waals surface area contributed by atoms with E-state index in [2.05, 4.69) is 25.6 Å². The molecule has 2 aromatic rings. The van der Waals surface area contributed by atoms with Gasteiger partial charge in [-0.25, -0.2) is 4.98 Å². The van der Waals surface area contributed by atoms with Gasteiger partial charge in [-0.1, -0.05) is 0 Å². The first-order valence-corrected chi connectivity index (χ1v) is 8.17. The number of nitrogens with zero attached hydrogens (tertiary/aromatic N) is 3. The van der Waals surface area contributed by atoms with Crippen molar-refractivity contribution in [1.82, 2.24) is 15.0 Å². The van der Waals surface area contributed by atoms with Gasteiger partial charge in [0, 0.05) is 36.7 Å². The van der Waals surface area contributed by atoms with Gasteiger partial charge in [0.25, 0.3) is 0 Å². The third kappa shape index (κ3) is 4.61. The minimum absolute atomic E-state index is 0.199. The summed E-state index contributed by atoms with van der Waals surface area (Å²) in [4.78, 5) is 10.9. The summed E-state index contributed by atoms with van der Waals surface area (Å²) < 4.78 is 78.4. The number of nitrogens with one attached hydrogen (secondary N) is 2. The Kier molecular flexibility index (Phi) is 5.33. The number of pyridine rings is 1. The lowest BCUT2D eigenvalue weighted by molar-refractivity contribution is -0.138. The van der Waals surface area contributed by atoms with Crippen molar-refractivity contribution in [3.05, 3.63) is 41.3 Å². The first kappa shape index (κ1) is 20.1. The number of rotatable bonds is 5. The van der Waals surface area contributed by atoms with E-state index in [1.807, 2.05) is 0 Å². The SMILES string of the molecule is OC1CC(Nc2nc(NCc3cnccc3C(F)(F)F)ncc2C(F)(F)F)C1. The predicted octanol–water partition coefficient (Wildman–Crippen LogP) is 3.46. The average Bonchev–Trinajstić information content (AvgIpc) is 2.57. The van der Waals surface area contributed by atoms with Gasteiger partial charge in [0.2, 0.25) is 5.95 Å². The Morgan fingerprint density at radius 1 is 1.04 bits per heavy atom. The Labute approximate surface area is 155 Å². The number of aliphatic hydroxyl groups excluding tert-OH is 1. The van der Waals surface area contributed by atoms with E-state index in [9.17, 15) is 31.4 Å². The molecule has 1 aliphatic carbocycles. The molecule has 1 fully saturated rings. The van der Waals surface area contributed by atoms with Crippen LogP contribution in [0.4, 0.5) is 38.1 Å². The van der Waals surface area contributed by atoms with Crippen molar-refractivity contribution < 1.29 is 31.4 Å². The number of hydrogen-bond donors (Lipinski definition) is 3. The van der Waals surface area contributed by atoms with Gasteiger partial charge in [-0.15, -0.1) is 0 Å². The topological polar surface area (TPSA) is 83.0 Å². The Hall–Kier alpha value is -2.63. The summed E-state index contributed by atoms with van der Waals surface area (Å²) in [6, 6.07) is 0.425. The fraction of sp³-hybridized carbons (Fsp3) is 0.438. The lowest BCUT2D eigenvalue weighted by Gasteiger charge is -2.33. The van der Waals surface area contributed by atoms with Crippen molar-refractivity contribution in [3.8, 4) is 0 Å². The van der Waals surface area contributed by atoms with E-state index < -0.39 is 35.4 Å². The third-order valence-electron chi connectivity index (χ3n) is 4.19. The number of alkyl halides is 6. The largest absolute Gasteiger partial charge is 0.421 e. The van der Waals surface area contributed by atoms with E-state index in [1.54, 1.807) is 0 Å². The molecule has 152 valence electrons. The summed E-state index contributed by atoms with van der Waals surface area (Å²) in [6.07, 6.45) is -6.79. The fourth-order valence-electron chi connectivity index (χ4n) is 2.70. The van der Waals surface area contributed by atoms with Crippen molar-refractivity contribution in [2.24, 2.45) is 0 Å². The highest BCUT2D eigenvalue weighted by molar-refractivity contribution is 5.50. The Balaban J connectivity index is 1.80. The van der Waals surface area contributed by atoms with Gasteiger partial charge in [0.1, 0.15) is 11.4 Å². The molecule has 0 spiro atoms. The standard InChI is InChI=1S/C16H15F6N5O/c17-15(18,19)11-1-2-23-5-8(11)6-24-14-25-7-12(16(20,21)22)13(27-14)26-9-3-10(28)4-9/h1-2,5,7,9-10,28H,3-4,6H2,(H2,24,25,26,27). The molecule has 0 radical (unpaired) electrons. The summed E-state index contributed by atoms with van der Waals surface area (Å²) in [7, 11) is 0. The van der Waals surface area contributed by atoms with Crippen molar-refractivity contribution in [3.63, 3.8) is 0 Å². The third-order valence-corrected chi connectivity index (χ3v) is 4.19. The molecule has 1 saturated carbocycles. The molecule has 0 atom stereocenters. The summed E-state index contributed by atoms with van der Waals surface area (Å²) in [5, 5.41) is 14.4. The second-order valence-corrected chi connectivity index (χ2v) is 6.30. The molecule has 2 heterocycles. The molecule has 2 aromatic heterocycles. The van der Waals surface area contributed by atoms with Crippen molar-refractivity contribution in [1.29, 1.82) is 0 Å². The summed E-state index contributed by atoms with van der Waals surface area (Å²) in [5.74, 6) is -0.767. The number of halogens is 6. The van der Waals surface area contributed by atoms with Gasteiger partial charge in [-0.05, 0) is 18.9 Å². The van der Waals surface area contributed by atoms with E-state index in [-0.39, 0.29) is 36.9 Å². The Morgan fingerprint density at radius 3 is 2.32 bits per heavy atom. The molecule has 1 aliphatic rings. The fourth-order valence-corrected chi connectivity index (χ4v) is 2.70. The van der Waals surface area contributed by atoms with Crippen LogP contribution in [0.3, 0.4) is 0 Å². The monoisotopic (exact) mass is 407 g/mol. The minimum Gasteiger partial charge on any atom is -0.393 e. The molecule has 12 heteroatoms. The highest BCUT2D eigenvalue weighted by Crippen LogP contribution is 2.36. The number of aromatic nitrogens is 3. The molecule has 0 saturated heterocycles. The summed E-state index contributed by atoms with van der Waals surface area (Å²) in [5.41, 5.74) is -2.21. The highest BCUT2D eigenvalue weighted by atomic mass is 19.4. The molecule has 3 N–H and O–H groups in total. The van der Waals surface area contributed by atoms with Crippen molar-refractivity contribution in [2.45, 2.75) is 43.9 Å². The highest BCUT2D eigenvalue weighted by Gasteiger charge is 2.37. The zero-order chi connectivity index (χ0) is 20.5. The van der Waals surface area contributed by atoms with E-state index in [4.69, 9.17) is 0 Å². The molecule has 3 rings (SSSR count). The first-order chi connectivity index (χ1) is 13.0. The molecule has 0 aliphatic heterocycles. The van der Waals surface area contributed by atoms with Crippen LogP contribution in [0.1, 0.15) is 29.5 Å². The van der Waals surface area contributed by atoms with Crippen LogP contribution in [0.2, 0.25) is 0 Å². The quantitative estimate of drug-likeness (QED) is 0.659. The van der Waals surface area contributed by atoms with Crippen LogP contribution in [0.5, 0.6) is 0 Å². The van der Waals surface area contributed by atoms with E-state index >= 15 is 0 Å². The maximum Gasteiger partial charge on any atom is 0.421 e. The molecular formula is C16H15F6N5O. The maximum absolute atomic E-state index is 13.1. The number of aliphatic hydroxyl groups is 1. The van der Waals surface area contributed by atoms with Crippen LogP contribution in [0, 0.1) is 0 Å². The van der Waals surface area contributed by atoms with Gasteiger partial charge >= 0.3 is 12.4 Å². The Morgan fingerprint density at radius 2 is 1.71 bits per heavy atom. The molecule has 28 heavy (non-hydrogen) atoms. The molecule has 0 unspecified atom stereocenters. The lowest BCUT2D eigenvalue weighted by atomic mass is 9.89. The van der Waals surface area contributed by atoms with Gasteiger partial charge in [0.05, 0.1) is 11.7 Å². The minimum atomic E-state index is -4.71. The average molecular weight is 407 g/mol. The van der Waals surface area contributed by atoms with Crippen LogP contribution in [0.25, 0.3) is 0 Å². The van der Waals surface area contributed by atoms with Crippen molar-refractivity contribution in [2.75, 3.05) is 10.6 Å². The summed E-state index contributed by atoms with van der Waals surface area (Å²) in [6.45, 7) is -0.379. The molecule has 0 amide bonds. The van der Waals surface area contributed by atoms with Gasteiger partial charge in [-0.2, -0.15) is 31.3 Å². The zero-order valence-corrected chi connectivity index (χ0v) is 14.1. The van der Waals surface area contributed by atoms with Crippen LogP contribution < -0.4 is 10.6 Å².